The predicted molar refractivity (Wildman–Crippen MR) is 121 cm³/mol. The van der Waals surface area contributed by atoms with Crippen molar-refractivity contribution in [3.05, 3.63) is 64.9 Å². The van der Waals surface area contributed by atoms with Crippen LogP contribution in [0.2, 0.25) is 5.02 Å². The van der Waals surface area contributed by atoms with Crippen molar-refractivity contribution in [1.29, 1.82) is 0 Å². The second-order valence-electron chi connectivity index (χ2n) is 7.65. The van der Waals surface area contributed by atoms with Crippen LogP contribution in [-0.4, -0.2) is 52.1 Å². The molecule has 1 fully saturated rings. The number of H-pyrrole nitrogens is 1. The van der Waals surface area contributed by atoms with Gasteiger partial charge in [0, 0.05) is 31.7 Å². The molecule has 2 aromatic carbocycles. The highest BCUT2D eigenvalue weighted by atomic mass is 35.5. The average molecular weight is 436 g/mol. The summed E-state index contributed by atoms with van der Waals surface area (Å²) in [5.74, 6) is 1.26. The number of carbonyl (C=O) groups excluding carboxylic acids is 1. The van der Waals surface area contributed by atoms with E-state index in [-0.39, 0.29) is 5.91 Å². The van der Waals surface area contributed by atoms with Crippen LogP contribution >= 0.6 is 11.6 Å². The molecular formula is C23H22ClN5O2. The van der Waals surface area contributed by atoms with E-state index in [9.17, 15) is 4.79 Å². The molecule has 31 heavy (non-hydrogen) atoms. The minimum absolute atomic E-state index is 0.0832. The number of rotatable bonds is 3. The molecule has 4 aromatic rings. The number of hydrogen-bond donors (Lipinski definition) is 1. The molecule has 2 aromatic heterocycles. The molecule has 5 rings (SSSR count). The van der Waals surface area contributed by atoms with Crippen LogP contribution in [0.3, 0.4) is 0 Å². The van der Waals surface area contributed by atoms with Crippen LogP contribution in [0.1, 0.15) is 22.5 Å². The summed E-state index contributed by atoms with van der Waals surface area (Å²) in [4.78, 5) is 25.6. The number of fused-ring (bicyclic) bond motifs is 1. The van der Waals surface area contributed by atoms with Crippen LogP contribution in [0.5, 0.6) is 0 Å². The van der Waals surface area contributed by atoms with Crippen LogP contribution in [0.4, 0.5) is 5.95 Å². The molecule has 0 atom stereocenters. The largest absolute Gasteiger partial charge is 0.360 e. The molecule has 0 unspecified atom stereocenters. The van der Waals surface area contributed by atoms with Gasteiger partial charge in [-0.25, -0.2) is 4.98 Å². The molecule has 0 spiro atoms. The van der Waals surface area contributed by atoms with Gasteiger partial charge in [0.1, 0.15) is 17.0 Å². The third-order valence-corrected chi connectivity index (χ3v) is 5.99. The number of nitrogens with one attached hydrogen (secondary N) is 1. The number of anilines is 1. The quantitative estimate of drug-likeness (QED) is 0.511. The van der Waals surface area contributed by atoms with Gasteiger partial charge in [0.2, 0.25) is 5.95 Å². The summed E-state index contributed by atoms with van der Waals surface area (Å²) >= 11 is 6.35. The standard InChI is InChI=1S/C23H22ClN5O2/c1-15-20(21(27-31-15)16-7-2-3-8-17(16)24)22(30)28-11-6-12-29(14-13-28)23-25-18-9-4-5-10-19(18)26-23/h2-5,7-10H,6,11-14H2,1H3,(H,25,26). The topological polar surface area (TPSA) is 78.3 Å². The first kappa shape index (κ1) is 19.6. The van der Waals surface area contributed by atoms with E-state index in [4.69, 9.17) is 21.1 Å². The lowest BCUT2D eigenvalue weighted by Gasteiger charge is -2.22. The number of aromatic amines is 1. The van der Waals surface area contributed by atoms with E-state index in [2.05, 4.69) is 15.0 Å². The molecular weight excluding hydrogens is 414 g/mol. The minimum Gasteiger partial charge on any atom is -0.360 e. The maximum absolute atomic E-state index is 13.5. The Hall–Kier alpha value is -3.32. The molecule has 158 valence electrons. The van der Waals surface area contributed by atoms with E-state index in [1.807, 2.05) is 47.4 Å². The summed E-state index contributed by atoms with van der Waals surface area (Å²) < 4.78 is 5.39. The van der Waals surface area contributed by atoms with Gasteiger partial charge in [0.05, 0.1) is 16.1 Å². The zero-order chi connectivity index (χ0) is 21.4. The SMILES string of the molecule is Cc1onc(-c2ccccc2Cl)c1C(=O)N1CCCN(c2nc3ccccc3[nH]2)CC1. The second kappa shape index (κ2) is 8.07. The Bertz CT molecular complexity index is 1210. The van der Waals surface area contributed by atoms with E-state index in [1.165, 1.54) is 0 Å². The Balaban J connectivity index is 1.38. The van der Waals surface area contributed by atoms with Crippen LogP contribution in [0.15, 0.2) is 53.1 Å². The lowest BCUT2D eigenvalue weighted by atomic mass is 10.0. The first-order chi connectivity index (χ1) is 15.1. The Morgan fingerprint density at radius 1 is 1.06 bits per heavy atom. The van der Waals surface area contributed by atoms with Crippen LogP contribution < -0.4 is 4.90 Å². The number of hydrogen-bond acceptors (Lipinski definition) is 5. The summed E-state index contributed by atoms with van der Waals surface area (Å²) in [6.45, 7) is 4.52. The number of nitrogens with zero attached hydrogens (tertiary/aromatic N) is 4. The van der Waals surface area contributed by atoms with Gasteiger partial charge in [0.15, 0.2) is 0 Å². The van der Waals surface area contributed by atoms with Crippen molar-refractivity contribution in [1.82, 2.24) is 20.0 Å². The predicted octanol–water partition coefficient (Wildman–Crippen LogP) is 4.53. The van der Waals surface area contributed by atoms with Crippen molar-refractivity contribution in [2.24, 2.45) is 0 Å². The summed E-state index contributed by atoms with van der Waals surface area (Å²) in [5, 5.41) is 4.68. The smallest absolute Gasteiger partial charge is 0.259 e. The molecule has 1 aliphatic heterocycles. The minimum atomic E-state index is -0.0832. The fraction of sp³-hybridized carbons (Fsp3) is 0.261. The van der Waals surface area contributed by atoms with Gasteiger partial charge < -0.3 is 19.3 Å². The Labute approximate surface area is 184 Å². The van der Waals surface area contributed by atoms with E-state index in [1.54, 1.807) is 13.0 Å². The van der Waals surface area contributed by atoms with Crippen molar-refractivity contribution in [3.8, 4) is 11.3 Å². The van der Waals surface area contributed by atoms with Gasteiger partial charge in [-0.3, -0.25) is 4.79 Å². The molecule has 1 aliphatic rings. The Kier molecular flexibility index (Phi) is 5.11. The van der Waals surface area contributed by atoms with Crippen LogP contribution in [0, 0.1) is 6.92 Å². The highest BCUT2D eigenvalue weighted by Crippen LogP contribution is 2.32. The van der Waals surface area contributed by atoms with Gasteiger partial charge in [-0.05, 0) is 31.5 Å². The van der Waals surface area contributed by atoms with E-state index < -0.39 is 0 Å². The molecule has 0 bridgehead atoms. The third-order valence-electron chi connectivity index (χ3n) is 5.67. The lowest BCUT2D eigenvalue weighted by Crippen LogP contribution is -2.35. The zero-order valence-electron chi connectivity index (χ0n) is 17.1. The summed E-state index contributed by atoms with van der Waals surface area (Å²) in [7, 11) is 0. The van der Waals surface area contributed by atoms with E-state index in [0.717, 1.165) is 29.9 Å². The van der Waals surface area contributed by atoms with Crippen molar-refractivity contribution in [2.75, 3.05) is 31.1 Å². The molecule has 3 heterocycles. The highest BCUT2D eigenvalue weighted by Gasteiger charge is 2.28. The van der Waals surface area contributed by atoms with E-state index in [0.29, 0.717) is 47.2 Å². The highest BCUT2D eigenvalue weighted by molar-refractivity contribution is 6.33. The van der Waals surface area contributed by atoms with Gasteiger partial charge in [-0.1, -0.05) is 47.1 Å². The van der Waals surface area contributed by atoms with Gasteiger partial charge in [-0.15, -0.1) is 0 Å². The molecule has 0 aliphatic carbocycles. The molecule has 0 saturated carbocycles. The maximum Gasteiger partial charge on any atom is 0.259 e. The molecule has 8 heteroatoms. The zero-order valence-corrected chi connectivity index (χ0v) is 17.9. The molecule has 1 amide bonds. The summed E-state index contributed by atoms with van der Waals surface area (Å²) in [6, 6.07) is 15.3. The average Bonchev–Trinajstić information content (AvgIpc) is 3.29. The van der Waals surface area contributed by atoms with Crippen molar-refractivity contribution < 1.29 is 9.32 Å². The number of aromatic nitrogens is 3. The number of amides is 1. The summed E-state index contributed by atoms with van der Waals surface area (Å²) in [6.07, 6.45) is 0.842. The normalized spacial score (nSPS) is 14.8. The van der Waals surface area contributed by atoms with Gasteiger partial charge in [0.25, 0.3) is 5.91 Å². The number of halogens is 1. The number of aryl methyl sites for hydroxylation is 1. The van der Waals surface area contributed by atoms with Crippen molar-refractivity contribution in [2.45, 2.75) is 13.3 Å². The lowest BCUT2D eigenvalue weighted by molar-refractivity contribution is 0.0766. The molecule has 1 saturated heterocycles. The monoisotopic (exact) mass is 435 g/mol. The van der Waals surface area contributed by atoms with Crippen LogP contribution in [-0.2, 0) is 0 Å². The van der Waals surface area contributed by atoms with Gasteiger partial charge >= 0.3 is 0 Å². The van der Waals surface area contributed by atoms with Crippen LogP contribution in [0.25, 0.3) is 22.3 Å². The first-order valence-corrected chi connectivity index (χ1v) is 10.7. The Morgan fingerprint density at radius 3 is 2.71 bits per heavy atom. The van der Waals surface area contributed by atoms with Gasteiger partial charge in [-0.2, -0.15) is 0 Å². The molecule has 0 radical (unpaired) electrons. The molecule has 7 nitrogen and oxygen atoms in total. The maximum atomic E-state index is 13.5. The number of carbonyl (C=O) groups is 1. The first-order valence-electron chi connectivity index (χ1n) is 10.3. The second-order valence-corrected chi connectivity index (χ2v) is 8.06. The third kappa shape index (κ3) is 3.65. The van der Waals surface area contributed by atoms with E-state index >= 15 is 0 Å². The number of imidazole rings is 1. The summed E-state index contributed by atoms with van der Waals surface area (Å²) in [5.41, 5.74) is 3.62. The van der Waals surface area contributed by atoms with Crippen molar-refractivity contribution in [3.63, 3.8) is 0 Å². The van der Waals surface area contributed by atoms with Crippen molar-refractivity contribution >= 4 is 34.5 Å². The number of para-hydroxylation sites is 2. The number of benzene rings is 2. The molecule has 1 N–H and O–H groups in total. The fourth-order valence-electron chi connectivity index (χ4n) is 4.04. The fourth-order valence-corrected chi connectivity index (χ4v) is 4.27. The Morgan fingerprint density at radius 2 is 1.87 bits per heavy atom.